The lowest BCUT2D eigenvalue weighted by molar-refractivity contribution is -0.140. The average Bonchev–Trinajstić information content (AvgIpc) is 3.33. The first-order chi connectivity index (χ1) is 14.3. The van der Waals surface area contributed by atoms with Gasteiger partial charge in [-0.05, 0) is 25.5 Å². The number of aromatic nitrogens is 5. The van der Waals surface area contributed by atoms with E-state index in [1.54, 1.807) is 31.2 Å². The predicted octanol–water partition coefficient (Wildman–Crippen LogP) is 4.21. The van der Waals surface area contributed by atoms with Gasteiger partial charge in [0.15, 0.2) is 11.3 Å². The molecule has 1 aliphatic rings. The van der Waals surface area contributed by atoms with E-state index in [1.165, 1.54) is 16.6 Å². The summed E-state index contributed by atoms with van der Waals surface area (Å²) in [4.78, 5) is 14.3. The van der Waals surface area contributed by atoms with Crippen molar-refractivity contribution >= 4 is 22.5 Å². The van der Waals surface area contributed by atoms with Crippen LogP contribution in [0.2, 0.25) is 0 Å². The summed E-state index contributed by atoms with van der Waals surface area (Å²) in [5.41, 5.74) is 0.118. The highest BCUT2D eigenvalue weighted by Crippen LogP contribution is 2.36. The summed E-state index contributed by atoms with van der Waals surface area (Å²) in [5, 5.41) is 4.31. The summed E-state index contributed by atoms with van der Waals surface area (Å²) in [5.74, 6) is 0.576. The molecule has 1 fully saturated rings. The number of nitrogens with zero attached hydrogens (tertiary/aromatic N) is 6. The number of para-hydroxylation sites is 2. The molecule has 0 saturated carbocycles. The van der Waals surface area contributed by atoms with Crippen LogP contribution in [-0.4, -0.2) is 43.8 Å². The largest absolute Gasteiger partial charge is 0.435 e. The van der Waals surface area contributed by atoms with Crippen LogP contribution in [0.15, 0.2) is 36.4 Å². The smallest absolute Gasteiger partial charge is 0.353 e. The number of hydrogen-bond donors (Lipinski definition) is 0. The molecule has 4 heterocycles. The van der Waals surface area contributed by atoms with E-state index in [0.29, 0.717) is 35.6 Å². The van der Waals surface area contributed by atoms with Crippen molar-refractivity contribution in [2.45, 2.75) is 25.7 Å². The molecule has 0 radical (unpaired) electrons. The van der Waals surface area contributed by atoms with Gasteiger partial charge in [0, 0.05) is 24.4 Å². The van der Waals surface area contributed by atoms with Crippen LogP contribution in [0, 0.1) is 6.92 Å². The van der Waals surface area contributed by atoms with Gasteiger partial charge in [0.2, 0.25) is 0 Å². The molecule has 0 N–H and O–H groups in total. The zero-order valence-electron chi connectivity index (χ0n) is 15.9. The highest BCUT2D eigenvalue weighted by atomic mass is 19.4. The molecule has 1 aromatic carbocycles. The Morgan fingerprint density at radius 2 is 1.77 bits per heavy atom. The third-order valence-electron chi connectivity index (χ3n) is 5.13. The van der Waals surface area contributed by atoms with Gasteiger partial charge in [0.25, 0.3) is 0 Å². The van der Waals surface area contributed by atoms with Crippen molar-refractivity contribution in [1.29, 1.82) is 0 Å². The molecule has 0 unspecified atom stereocenters. The molecule has 0 amide bonds. The molecule has 10 heteroatoms. The summed E-state index contributed by atoms with van der Waals surface area (Å²) in [7, 11) is 0. The number of rotatable bonds is 2. The molecular formula is C20H16F4N6. The van der Waals surface area contributed by atoms with E-state index in [0.717, 1.165) is 0 Å². The summed E-state index contributed by atoms with van der Waals surface area (Å²) in [6, 6.07) is 9.58. The van der Waals surface area contributed by atoms with E-state index < -0.39 is 18.0 Å². The molecule has 5 rings (SSSR count). The summed E-state index contributed by atoms with van der Waals surface area (Å²) < 4.78 is 56.2. The van der Waals surface area contributed by atoms with Crippen LogP contribution in [0.3, 0.4) is 0 Å². The average molecular weight is 416 g/mol. The third-order valence-corrected chi connectivity index (χ3v) is 5.13. The lowest BCUT2D eigenvalue weighted by Crippen LogP contribution is -2.21. The monoisotopic (exact) mass is 416 g/mol. The zero-order chi connectivity index (χ0) is 21.0. The molecule has 154 valence electrons. The molecule has 0 spiro atoms. The molecule has 0 bridgehead atoms. The fourth-order valence-electron chi connectivity index (χ4n) is 3.69. The standard InChI is InChI=1S/C20H16F4N6/c1-11-8-16(29-7-6-12(21)10-29)27-17-9-15(28-30(11)17)18-19(20(22,23)24)26-14-5-3-2-4-13(14)25-18/h2-5,8-9,12H,6-7,10H2,1H3/t12-/m1/s1. The third kappa shape index (κ3) is 3.12. The first-order valence-corrected chi connectivity index (χ1v) is 9.40. The van der Waals surface area contributed by atoms with Crippen LogP contribution in [0.1, 0.15) is 17.8 Å². The van der Waals surface area contributed by atoms with E-state index in [1.807, 2.05) is 4.90 Å². The molecule has 30 heavy (non-hydrogen) atoms. The Morgan fingerprint density at radius 3 is 2.43 bits per heavy atom. The Morgan fingerprint density at radius 1 is 1.03 bits per heavy atom. The van der Waals surface area contributed by atoms with Crippen LogP contribution in [-0.2, 0) is 6.18 Å². The Bertz CT molecular complexity index is 1270. The van der Waals surface area contributed by atoms with E-state index >= 15 is 0 Å². The van der Waals surface area contributed by atoms with Gasteiger partial charge in [-0.3, -0.25) is 0 Å². The van der Waals surface area contributed by atoms with Crippen LogP contribution in [0.25, 0.3) is 28.1 Å². The fraction of sp³-hybridized carbons (Fsp3) is 0.300. The quantitative estimate of drug-likeness (QED) is 0.458. The van der Waals surface area contributed by atoms with Crippen molar-refractivity contribution in [2.75, 3.05) is 18.0 Å². The van der Waals surface area contributed by atoms with Crippen molar-refractivity contribution in [1.82, 2.24) is 24.6 Å². The molecule has 1 saturated heterocycles. The maximum Gasteiger partial charge on any atom is 0.435 e. The van der Waals surface area contributed by atoms with E-state index in [4.69, 9.17) is 0 Å². The molecule has 3 aromatic heterocycles. The SMILES string of the molecule is Cc1cc(N2CC[C@@H](F)C2)nc2cc(-c3nc4ccccc4nc3C(F)(F)F)nn12. The number of anilines is 1. The van der Waals surface area contributed by atoms with E-state index in [2.05, 4.69) is 20.1 Å². The first-order valence-electron chi connectivity index (χ1n) is 9.40. The van der Waals surface area contributed by atoms with Crippen LogP contribution < -0.4 is 4.90 Å². The second-order valence-corrected chi connectivity index (χ2v) is 7.29. The van der Waals surface area contributed by atoms with Crippen molar-refractivity contribution in [3.63, 3.8) is 0 Å². The van der Waals surface area contributed by atoms with Gasteiger partial charge in [-0.1, -0.05) is 12.1 Å². The van der Waals surface area contributed by atoms with Crippen molar-refractivity contribution in [3.8, 4) is 11.4 Å². The molecule has 1 atom stereocenters. The highest BCUT2D eigenvalue weighted by molar-refractivity contribution is 5.78. The fourth-order valence-corrected chi connectivity index (χ4v) is 3.69. The van der Waals surface area contributed by atoms with Crippen LogP contribution in [0.4, 0.5) is 23.4 Å². The lowest BCUT2D eigenvalue weighted by atomic mass is 10.2. The van der Waals surface area contributed by atoms with Gasteiger partial charge < -0.3 is 4.90 Å². The van der Waals surface area contributed by atoms with Crippen LogP contribution in [0.5, 0.6) is 0 Å². The molecule has 6 nitrogen and oxygen atoms in total. The van der Waals surface area contributed by atoms with Crippen molar-refractivity contribution in [2.24, 2.45) is 0 Å². The van der Waals surface area contributed by atoms with Gasteiger partial charge in [0.1, 0.15) is 23.4 Å². The predicted molar refractivity (Wildman–Crippen MR) is 103 cm³/mol. The van der Waals surface area contributed by atoms with E-state index in [9.17, 15) is 17.6 Å². The van der Waals surface area contributed by atoms with Gasteiger partial charge in [-0.2, -0.15) is 18.3 Å². The molecule has 1 aliphatic heterocycles. The van der Waals surface area contributed by atoms with E-state index in [-0.39, 0.29) is 23.4 Å². The normalized spacial score (nSPS) is 17.4. The minimum absolute atomic E-state index is 0.0260. The Hall–Kier alpha value is -3.30. The lowest BCUT2D eigenvalue weighted by Gasteiger charge is -2.16. The van der Waals surface area contributed by atoms with Gasteiger partial charge in [0.05, 0.1) is 17.6 Å². The Labute approximate surface area is 168 Å². The minimum Gasteiger partial charge on any atom is -0.353 e. The Balaban J connectivity index is 1.68. The maximum atomic E-state index is 13.7. The topological polar surface area (TPSA) is 59.2 Å². The number of hydrogen-bond acceptors (Lipinski definition) is 5. The second-order valence-electron chi connectivity index (χ2n) is 7.29. The molecule has 0 aliphatic carbocycles. The number of aryl methyl sites for hydroxylation is 1. The number of benzene rings is 1. The molecule has 4 aromatic rings. The van der Waals surface area contributed by atoms with Gasteiger partial charge >= 0.3 is 6.18 Å². The minimum atomic E-state index is -4.69. The van der Waals surface area contributed by atoms with Crippen molar-refractivity contribution in [3.05, 3.63) is 47.8 Å². The van der Waals surface area contributed by atoms with Gasteiger partial charge in [-0.15, -0.1) is 0 Å². The zero-order valence-corrected chi connectivity index (χ0v) is 15.9. The number of alkyl halides is 4. The number of fused-ring (bicyclic) bond motifs is 2. The maximum absolute atomic E-state index is 13.7. The van der Waals surface area contributed by atoms with Crippen LogP contribution >= 0.6 is 0 Å². The van der Waals surface area contributed by atoms with Crippen molar-refractivity contribution < 1.29 is 17.6 Å². The first kappa shape index (κ1) is 18.7. The second kappa shape index (κ2) is 6.61. The highest BCUT2D eigenvalue weighted by Gasteiger charge is 2.38. The summed E-state index contributed by atoms with van der Waals surface area (Å²) >= 11 is 0. The number of halogens is 4. The van der Waals surface area contributed by atoms with Gasteiger partial charge in [-0.25, -0.2) is 23.9 Å². The Kier molecular flexibility index (Phi) is 4.12. The summed E-state index contributed by atoms with van der Waals surface area (Å²) in [6.07, 6.45) is -5.18. The summed E-state index contributed by atoms with van der Waals surface area (Å²) in [6.45, 7) is 2.56. The molecular weight excluding hydrogens is 400 g/mol.